The number of nitrogens with two attached hydrogens (primary N) is 1. The molecule has 0 aliphatic carbocycles. The number of benzene rings is 1. The van der Waals surface area contributed by atoms with Crippen LogP contribution in [0.2, 0.25) is 0 Å². The van der Waals surface area contributed by atoms with Crippen LogP contribution in [0.4, 0.5) is 11.4 Å². The number of hydrogen-bond acceptors (Lipinski definition) is 5. The van der Waals surface area contributed by atoms with Crippen LogP contribution in [-0.4, -0.2) is 30.2 Å². The zero-order valence-electron chi connectivity index (χ0n) is 12.3. The molecule has 0 radical (unpaired) electrons. The first-order valence-corrected chi connectivity index (χ1v) is 7.05. The van der Waals surface area contributed by atoms with Crippen molar-refractivity contribution in [2.75, 3.05) is 18.3 Å². The molecule has 1 fully saturated rings. The molecule has 1 heterocycles. The summed E-state index contributed by atoms with van der Waals surface area (Å²) in [5, 5.41) is 2.25. The van der Waals surface area contributed by atoms with Crippen LogP contribution < -0.4 is 11.2 Å². The smallest absolute Gasteiger partial charge is 0.340 e. The molecule has 110 valence electrons. The number of nitrogens with zero attached hydrogens (tertiary/aromatic N) is 1. The number of nitrogens with one attached hydrogen (secondary N) is 1. The summed E-state index contributed by atoms with van der Waals surface area (Å²) in [6.45, 7) is 4.42. The molecule has 1 aromatic carbocycles. The molecule has 20 heavy (non-hydrogen) atoms. The molecule has 1 aliphatic rings. The van der Waals surface area contributed by atoms with Crippen molar-refractivity contribution in [3.63, 3.8) is 0 Å². The molecule has 1 aliphatic heterocycles. The Morgan fingerprint density at radius 2 is 2.00 bits per heavy atom. The Morgan fingerprint density at radius 3 is 2.60 bits per heavy atom. The lowest BCUT2D eigenvalue weighted by Gasteiger charge is -2.39. The van der Waals surface area contributed by atoms with Gasteiger partial charge in [0, 0.05) is 23.5 Å². The van der Waals surface area contributed by atoms with Gasteiger partial charge in [-0.05, 0) is 44.9 Å². The predicted octanol–water partition coefficient (Wildman–Crippen LogP) is 2.65. The number of anilines is 2. The summed E-state index contributed by atoms with van der Waals surface area (Å²) in [4.78, 5) is 11.7. The van der Waals surface area contributed by atoms with Crippen molar-refractivity contribution in [3.8, 4) is 0 Å². The molecule has 1 saturated heterocycles. The average Bonchev–Trinajstić information content (AvgIpc) is 2.44. The molecule has 0 saturated carbocycles. The molecule has 0 aromatic heterocycles. The van der Waals surface area contributed by atoms with E-state index in [0.29, 0.717) is 23.3 Å². The van der Waals surface area contributed by atoms with E-state index in [-0.39, 0.29) is 0 Å². The third-order valence-corrected chi connectivity index (χ3v) is 3.91. The van der Waals surface area contributed by atoms with Gasteiger partial charge in [0.15, 0.2) is 0 Å². The monoisotopic (exact) mass is 277 g/mol. The minimum Gasteiger partial charge on any atom is -0.465 e. The number of rotatable bonds is 3. The van der Waals surface area contributed by atoms with E-state index in [0.717, 1.165) is 5.69 Å². The van der Waals surface area contributed by atoms with Gasteiger partial charge in [0.2, 0.25) is 0 Å². The molecule has 2 unspecified atom stereocenters. The van der Waals surface area contributed by atoms with Gasteiger partial charge in [-0.25, -0.2) is 9.80 Å². The molecule has 5 heteroatoms. The minimum absolute atomic E-state index is 0.398. The normalized spacial score (nSPS) is 23.4. The van der Waals surface area contributed by atoms with E-state index in [1.165, 1.54) is 26.4 Å². The first-order valence-electron chi connectivity index (χ1n) is 7.05. The molecular weight excluding hydrogens is 254 g/mol. The molecule has 5 nitrogen and oxygen atoms in total. The van der Waals surface area contributed by atoms with Gasteiger partial charge in [0.25, 0.3) is 0 Å². The summed E-state index contributed by atoms with van der Waals surface area (Å²) >= 11 is 0. The number of methoxy groups -OCH3 is 1. The molecule has 0 amide bonds. The van der Waals surface area contributed by atoms with Crippen LogP contribution in [0.5, 0.6) is 0 Å². The summed E-state index contributed by atoms with van der Waals surface area (Å²) < 4.78 is 4.74. The molecule has 3 N–H and O–H groups in total. The van der Waals surface area contributed by atoms with Crippen LogP contribution in [0.1, 0.15) is 43.5 Å². The second kappa shape index (κ2) is 6.13. The third-order valence-electron chi connectivity index (χ3n) is 3.91. The number of carbonyl (C=O) groups excluding carboxylic acids is 1. The Morgan fingerprint density at radius 1 is 1.35 bits per heavy atom. The first kappa shape index (κ1) is 14.7. The van der Waals surface area contributed by atoms with Crippen LogP contribution in [-0.2, 0) is 4.74 Å². The standard InChI is InChI=1S/C15H23N3O2/c1-10-5-4-6-11(2)18(10)17-12-7-8-14(16)13(9-12)15(19)20-3/h7-11,17H,4-6,16H2,1-3H3. The fourth-order valence-corrected chi connectivity index (χ4v) is 2.70. The van der Waals surface area contributed by atoms with Crippen LogP contribution in [0, 0.1) is 0 Å². The summed E-state index contributed by atoms with van der Waals surface area (Å²) in [6.07, 6.45) is 3.61. The van der Waals surface area contributed by atoms with E-state index in [1.807, 2.05) is 6.07 Å². The van der Waals surface area contributed by atoms with Gasteiger partial charge < -0.3 is 15.9 Å². The highest BCUT2D eigenvalue weighted by atomic mass is 16.5. The lowest BCUT2D eigenvalue weighted by atomic mass is 10.00. The second-order valence-electron chi connectivity index (χ2n) is 5.44. The number of ether oxygens (including phenoxy) is 1. The maximum absolute atomic E-state index is 11.7. The number of hydrogen-bond donors (Lipinski definition) is 2. The van der Waals surface area contributed by atoms with Gasteiger partial charge in [-0.15, -0.1) is 0 Å². The van der Waals surface area contributed by atoms with Crippen LogP contribution in [0.25, 0.3) is 0 Å². The predicted molar refractivity (Wildman–Crippen MR) is 80.4 cm³/mol. The number of hydrazine groups is 1. The zero-order chi connectivity index (χ0) is 14.7. The van der Waals surface area contributed by atoms with Crippen LogP contribution >= 0.6 is 0 Å². The maximum atomic E-state index is 11.7. The Labute approximate surface area is 120 Å². The SMILES string of the molecule is COC(=O)c1cc(NN2C(C)CCCC2C)ccc1N. The van der Waals surface area contributed by atoms with Crippen molar-refractivity contribution < 1.29 is 9.53 Å². The summed E-state index contributed by atoms with van der Waals surface area (Å²) in [6, 6.07) is 6.30. The zero-order valence-corrected chi connectivity index (χ0v) is 12.3. The number of nitrogen functional groups attached to an aromatic ring is 1. The third kappa shape index (κ3) is 3.04. The Balaban J connectivity index is 2.19. The molecule has 0 spiro atoms. The van der Waals surface area contributed by atoms with Crippen molar-refractivity contribution >= 4 is 17.3 Å². The molecule has 2 rings (SSSR count). The van der Waals surface area contributed by atoms with Crippen molar-refractivity contribution in [1.82, 2.24) is 5.01 Å². The van der Waals surface area contributed by atoms with E-state index in [9.17, 15) is 4.79 Å². The Bertz CT molecular complexity index is 480. The summed E-state index contributed by atoms with van der Waals surface area (Å²) in [7, 11) is 1.36. The fraction of sp³-hybridized carbons (Fsp3) is 0.533. The van der Waals surface area contributed by atoms with Gasteiger partial charge >= 0.3 is 5.97 Å². The van der Waals surface area contributed by atoms with Crippen molar-refractivity contribution in [2.24, 2.45) is 0 Å². The van der Waals surface area contributed by atoms with Gasteiger partial charge in [0.1, 0.15) is 0 Å². The van der Waals surface area contributed by atoms with Crippen LogP contribution in [0.3, 0.4) is 0 Å². The summed E-state index contributed by atoms with van der Waals surface area (Å²) in [5.41, 5.74) is 10.9. The molecular formula is C15H23N3O2. The topological polar surface area (TPSA) is 67.6 Å². The Hall–Kier alpha value is -1.75. The quantitative estimate of drug-likeness (QED) is 0.656. The first-order chi connectivity index (χ1) is 9.52. The van der Waals surface area contributed by atoms with Gasteiger partial charge in [-0.2, -0.15) is 0 Å². The highest BCUT2D eigenvalue weighted by molar-refractivity contribution is 5.96. The van der Waals surface area contributed by atoms with Crippen molar-refractivity contribution in [3.05, 3.63) is 23.8 Å². The largest absolute Gasteiger partial charge is 0.465 e. The second-order valence-corrected chi connectivity index (χ2v) is 5.44. The van der Waals surface area contributed by atoms with E-state index in [2.05, 4.69) is 24.3 Å². The van der Waals surface area contributed by atoms with Gasteiger partial charge in [-0.3, -0.25) is 0 Å². The van der Waals surface area contributed by atoms with E-state index in [4.69, 9.17) is 10.5 Å². The molecule has 2 atom stereocenters. The van der Waals surface area contributed by atoms with E-state index in [1.54, 1.807) is 12.1 Å². The lowest BCUT2D eigenvalue weighted by Crippen LogP contribution is -2.47. The summed E-state index contributed by atoms with van der Waals surface area (Å²) in [5.74, 6) is -0.411. The Kier molecular flexibility index (Phi) is 4.49. The highest BCUT2D eigenvalue weighted by Gasteiger charge is 2.24. The van der Waals surface area contributed by atoms with E-state index >= 15 is 0 Å². The average molecular weight is 277 g/mol. The van der Waals surface area contributed by atoms with Crippen LogP contribution in [0.15, 0.2) is 18.2 Å². The maximum Gasteiger partial charge on any atom is 0.340 e. The highest BCUT2D eigenvalue weighted by Crippen LogP contribution is 2.25. The van der Waals surface area contributed by atoms with Crippen molar-refractivity contribution in [2.45, 2.75) is 45.2 Å². The fourth-order valence-electron chi connectivity index (χ4n) is 2.70. The number of carbonyl (C=O) groups is 1. The van der Waals surface area contributed by atoms with Gasteiger partial charge in [-0.1, -0.05) is 6.42 Å². The minimum atomic E-state index is -0.411. The lowest BCUT2D eigenvalue weighted by molar-refractivity contribution is 0.0602. The molecule has 0 bridgehead atoms. The molecule has 1 aromatic rings. The van der Waals surface area contributed by atoms with E-state index < -0.39 is 5.97 Å². The van der Waals surface area contributed by atoms with Gasteiger partial charge in [0.05, 0.1) is 12.7 Å². The number of esters is 1. The van der Waals surface area contributed by atoms with Crippen molar-refractivity contribution in [1.29, 1.82) is 0 Å². The number of piperidine rings is 1.